The van der Waals surface area contributed by atoms with E-state index in [1.165, 1.54) is 18.6 Å². The van der Waals surface area contributed by atoms with Crippen LogP contribution in [0.4, 0.5) is 0 Å². The van der Waals surface area contributed by atoms with Crippen LogP contribution >= 0.6 is 0 Å². The highest BCUT2D eigenvalue weighted by Crippen LogP contribution is 2.04. The molecule has 0 aromatic carbocycles. The fourth-order valence-corrected chi connectivity index (χ4v) is 0.605. The zero-order valence-corrected chi connectivity index (χ0v) is 5.64. The predicted molar refractivity (Wildman–Crippen MR) is 38.7 cm³/mol. The fraction of sp³-hybridized carbons (Fsp3) is 0. The second kappa shape index (κ2) is 3.46. The van der Waals surface area contributed by atoms with E-state index in [0.29, 0.717) is 18.2 Å². The van der Waals surface area contributed by atoms with Gasteiger partial charge in [-0.05, 0) is 0 Å². The molecule has 0 saturated carbocycles. The van der Waals surface area contributed by atoms with E-state index >= 15 is 0 Å². The van der Waals surface area contributed by atoms with Gasteiger partial charge in [0.25, 0.3) is 0 Å². The predicted octanol–water partition coefficient (Wildman–Crippen LogP) is 0.574. The molecule has 4 nitrogen and oxygen atoms in total. The average molecular weight is 150 g/mol. The van der Waals surface area contributed by atoms with Gasteiger partial charge < -0.3 is 5.11 Å². The van der Waals surface area contributed by atoms with Gasteiger partial charge in [0.15, 0.2) is 6.29 Å². The van der Waals surface area contributed by atoms with Gasteiger partial charge in [-0.25, -0.2) is 0 Å². The molecule has 0 aliphatic heterocycles. The monoisotopic (exact) mass is 150 g/mol. The lowest BCUT2D eigenvalue weighted by Crippen LogP contribution is -1.90. The Morgan fingerprint density at radius 2 is 2.36 bits per heavy atom. The molecule has 0 aliphatic rings. The molecule has 11 heavy (non-hydrogen) atoms. The van der Waals surface area contributed by atoms with E-state index in [-0.39, 0.29) is 5.57 Å². The lowest BCUT2D eigenvalue weighted by Gasteiger charge is -1.93. The van der Waals surface area contributed by atoms with Gasteiger partial charge in [0.2, 0.25) is 0 Å². The number of carbonyl (C=O) groups is 1. The molecule has 0 bridgehead atoms. The molecule has 1 heterocycles. The number of hydrogen-bond donors (Lipinski definition) is 1. The van der Waals surface area contributed by atoms with E-state index in [4.69, 9.17) is 5.11 Å². The van der Waals surface area contributed by atoms with Crippen LogP contribution in [0.25, 0.3) is 5.57 Å². The molecule has 1 aromatic rings. The molecule has 0 aliphatic carbocycles. The minimum absolute atomic E-state index is 0.123. The first kappa shape index (κ1) is 7.40. The number of aliphatic hydroxyl groups is 1. The number of carbonyl (C=O) groups excluding carboxylic acids is 1. The minimum atomic E-state index is 0.123. The van der Waals surface area contributed by atoms with Crippen molar-refractivity contribution in [1.82, 2.24) is 9.97 Å². The van der Waals surface area contributed by atoms with Crippen LogP contribution in [-0.4, -0.2) is 21.4 Å². The second-order valence-electron chi connectivity index (χ2n) is 1.79. The van der Waals surface area contributed by atoms with Gasteiger partial charge in [-0.2, -0.15) is 0 Å². The van der Waals surface area contributed by atoms with E-state index in [1.807, 2.05) is 0 Å². The maximum atomic E-state index is 10.2. The number of aromatic nitrogens is 2. The second-order valence-corrected chi connectivity index (χ2v) is 1.79. The van der Waals surface area contributed by atoms with Crippen LogP contribution in [0.3, 0.4) is 0 Å². The number of hydrogen-bond acceptors (Lipinski definition) is 4. The Morgan fingerprint density at radius 1 is 1.55 bits per heavy atom. The van der Waals surface area contributed by atoms with Gasteiger partial charge in [-0.1, -0.05) is 0 Å². The molecule has 0 radical (unpaired) electrons. The Labute approximate surface area is 63.2 Å². The molecule has 1 N–H and O–H groups in total. The normalized spacial score (nSPS) is 11.1. The van der Waals surface area contributed by atoms with Crippen molar-refractivity contribution in [2.24, 2.45) is 0 Å². The average Bonchev–Trinajstić information content (AvgIpc) is 2.09. The highest BCUT2D eigenvalue weighted by molar-refractivity contribution is 6.05. The molecule has 1 rings (SSSR count). The van der Waals surface area contributed by atoms with Crippen molar-refractivity contribution in [3.8, 4) is 0 Å². The summed E-state index contributed by atoms with van der Waals surface area (Å²) in [5.41, 5.74) is 0.489. The fourth-order valence-electron chi connectivity index (χ4n) is 0.605. The quantitative estimate of drug-likeness (QED) is 0.380. The summed E-state index contributed by atoms with van der Waals surface area (Å²) >= 11 is 0. The first-order chi connectivity index (χ1) is 5.38. The number of aldehydes is 1. The SMILES string of the molecule is O=CC(=CO)c1cnccn1. The van der Waals surface area contributed by atoms with E-state index in [0.717, 1.165) is 0 Å². The standard InChI is InChI=1S/C7H6N2O2/c10-4-6(5-11)7-3-8-1-2-9-7/h1-5,10H. The van der Waals surface area contributed by atoms with Crippen molar-refractivity contribution >= 4 is 11.9 Å². The van der Waals surface area contributed by atoms with E-state index in [1.54, 1.807) is 0 Å². The highest BCUT2D eigenvalue weighted by atomic mass is 16.2. The third kappa shape index (κ3) is 1.61. The molecular weight excluding hydrogens is 144 g/mol. The molecule has 4 heteroatoms. The summed E-state index contributed by atoms with van der Waals surface area (Å²) in [6.45, 7) is 0. The maximum absolute atomic E-state index is 10.2. The van der Waals surface area contributed by atoms with Crippen LogP contribution in [0.2, 0.25) is 0 Å². The molecular formula is C7H6N2O2. The van der Waals surface area contributed by atoms with Gasteiger partial charge in [0.05, 0.1) is 23.7 Å². The zero-order valence-electron chi connectivity index (χ0n) is 5.64. The Kier molecular flexibility index (Phi) is 2.32. The third-order valence-corrected chi connectivity index (χ3v) is 1.12. The summed E-state index contributed by atoms with van der Waals surface area (Å²) in [5, 5.41) is 8.52. The van der Waals surface area contributed by atoms with Crippen molar-refractivity contribution in [2.45, 2.75) is 0 Å². The largest absolute Gasteiger partial charge is 0.515 e. The van der Waals surface area contributed by atoms with E-state index < -0.39 is 0 Å². The van der Waals surface area contributed by atoms with Crippen LogP contribution in [0.15, 0.2) is 24.9 Å². The zero-order chi connectivity index (χ0) is 8.10. The summed E-state index contributed by atoms with van der Waals surface area (Å²) in [6, 6.07) is 0. The van der Waals surface area contributed by atoms with Gasteiger partial charge in [-0.15, -0.1) is 0 Å². The van der Waals surface area contributed by atoms with Gasteiger partial charge in [0.1, 0.15) is 0 Å². The molecule has 0 spiro atoms. The van der Waals surface area contributed by atoms with Gasteiger partial charge >= 0.3 is 0 Å². The smallest absolute Gasteiger partial charge is 0.155 e. The van der Waals surface area contributed by atoms with Crippen molar-refractivity contribution in [3.63, 3.8) is 0 Å². The van der Waals surface area contributed by atoms with E-state index in [2.05, 4.69) is 9.97 Å². The number of aliphatic hydroxyl groups excluding tert-OH is 1. The first-order valence-electron chi connectivity index (χ1n) is 2.94. The van der Waals surface area contributed by atoms with Crippen molar-refractivity contribution < 1.29 is 9.90 Å². The lowest BCUT2D eigenvalue weighted by atomic mass is 10.2. The molecule has 0 atom stereocenters. The molecule has 0 saturated heterocycles. The van der Waals surface area contributed by atoms with Gasteiger partial charge in [-0.3, -0.25) is 14.8 Å². The summed E-state index contributed by atoms with van der Waals surface area (Å²) in [5.74, 6) is 0. The van der Waals surface area contributed by atoms with E-state index in [9.17, 15) is 4.79 Å². The molecule has 0 unspecified atom stereocenters. The number of nitrogens with zero attached hydrogens (tertiary/aromatic N) is 2. The minimum Gasteiger partial charge on any atom is -0.515 e. The topological polar surface area (TPSA) is 63.1 Å². The Hall–Kier alpha value is -1.71. The molecule has 0 fully saturated rings. The first-order valence-corrected chi connectivity index (χ1v) is 2.94. The van der Waals surface area contributed by atoms with Crippen molar-refractivity contribution in [2.75, 3.05) is 0 Å². The summed E-state index contributed by atoms with van der Waals surface area (Å²) in [4.78, 5) is 17.8. The third-order valence-electron chi connectivity index (χ3n) is 1.12. The number of rotatable bonds is 2. The Morgan fingerprint density at radius 3 is 2.82 bits per heavy atom. The summed E-state index contributed by atoms with van der Waals surface area (Å²) in [6.07, 6.45) is 5.56. The van der Waals surface area contributed by atoms with Crippen LogP contribution in [-0.2, 0) is 4.79 Å². The molecule has 0 amide bonds. The van der Waals surface area contributed by atoms with Crippen molar-refractivity contribution in [3.05, 3.63) is 30.5 Å². The summed E-state index contributed by atoms with van der Waals surface area (Å²) < 4.78 is 0. The van der Waals surface area contributed by atoms with Crippen LogP contribution in [0.5, 0.6) is 0 Å². The van der Waals surface area contributed by atoms with Crippen LogP contribution in [0.1, 0.15) is 5.69 Å². The molecule has 56 valence electrons. The number of allylic oxidation sites excluding steroid dienone is 1. The highest BCUT2D eigenvalue weighted by Gasteiger charge is 1.99. The van der Waals surface area contributed by atoms with Crippen molar-refractivity contribution in [1.29, 1.82) is 0 Å². The Balaban J connectivity index is 3.01. The summed E-state index contributed by atoms with van der Waals surface area (Å²) in [7, 11) is 0. The molecule has 1 aromatic heterocycles. The lowest BCUT2D eigenvalue weighted by molar-refractivity contribution is -0.103. The van der Waals surface area contributed by atoms with Crippen LogP contribution < -0.4 is 0 Å². The maximum Gasteiger partial charge on any atom is 0.155 e. The van der Waals surface area contributed by atoms with Gasteiger partial charge in [0, 0.05) is 12.4 Å². The van der Waals surface area contributed by atoms with Crippen LogP contribution in [0, 0.1) is 0 Å². The Bertz CT molecular complexity index is 269.